The monoisotopic (exact) mass is 349 g/mol. The number of carbonyl (C=O) groups is 2. The van der Waals surface area contributed by atoms with Crippen molar-refractivity contribution in [2.24, 2.45) is 11.3 Å². The maximum absolute atomic E-state index is 13.0. The Morgan fingerprint density at radius 3 is 3.00 bits per heavy atom. The van der Waals surface area contributed by atoms with Gasteiger partial charge in [-0.2, -0.15) is 0 Å². The standard InChI is InChI=1S/C17H23N3O3S/c1-12-18-14(10-24-12)8-19-5-3-17(16(19)22)4-6-20(11-17)15(21)13-2-7-23-9-13/h10,13H,2-9,11H2,1H3. The molecule has 24 heavy (non-hydrogen) atoms. The van der Waals surface area contributed by atoms with E-state index in [1.807, 2.05) is 22.1 Å². The lowest BCUT2D eigenvalue weighted by Crippen LogP contribution is -2.40. The Kier molecular flexibility index (Phi) is 4.08. The van der Waals surface area contributed by atoms with E-state index in [-0.39, 0.29) is 23.1 Å². The van der Waals surface area contributed by atoms with E-state index in [2.05, 4.69) is 4.98 Å². The van der Waals surface area contributed by atoms with Crippen molar-refractivity contribution in [1.29, 1.82) is 0 Å². The van der Waals surface area contributed by atoms with Crippen LogP contribution < -0.4 is 0 Å². The normalized spacial score (nSPS) is 30.0. The SMILES string of the molecule is Cc1nc(CN2CCC3(CCN(C(=O)C4CCOC4)C3)C2=O)cs1. The molecule has 3 saturated heterocycles. The molecule has 1 aromatic rings. The molecule has 7 heteroatoms. The molecule has 0 aliphatic carbocycles. The van der Waals surface area contributed by atoms with E-state index >= 15 is 0 Å². The third kappa shape index (κ3) is 2.73. The minimum Gasteiger partial charge on any atom is -0.381 e. The number of likely N-dealkylation sites (tertiary alicyclic amines) is 2. The Hall–Kier alpha value is -1.47. The summed E-state index contributed by atoms with van der Waals surface area (Å²) in [4.78, 5) is 33.8. The first-order chi connectivity index (χ1) is 11.6. The van der Waals surface area contributed by atoms with Crippen molar-refractivity contribution in [2.75, 3.05) is 32.8 Å². The van der Waals surface area contributed by atoms with Crippen molar-refractivity contribution in [3.8, 4) is 0 Å². The van der Waals surface area contributed by atoms with E-state index in [9.17, 15) is 9.59 Å². The highest BCUT2D eigenvalue weighted by atomic mass is 32.1. The van der Waals surface area contributed by atoms with Gasteiger partial charge in [0.2, 0.25) is 11.8 Å². The second-order valence-electron chi connectivity index (χ2n) is 7.19. The van der Waals surface area contributed by atoms with Crippen LogP contribution in [0, 0.1) is 18.3 Å². The lowest BCUT2D eigenvalue weighted by atomic mass is 9.85. The number of carbonyl (C=O) groups excluding carboxylic acids is 2. The third-order valence-corrected chi connectivity index (χ3v) is 6.39. The zero-order valence-corrected chi connectivity index (χ0v) is 14.8. The molecule has 0 radical (unpaired) electrons. The summed E-state index contributed by atoms with van der Waals surface area (Å²) < 4.78 is 5.33. The van der Waals surface area contributed by atoms with Crippen LogP contribution in [0.15, 0.2) is 5.38 Å². The summed E-state index contributed by atoms with van der Waals surface area (Å²) >= 11 is 1.62. The molecule has 2 atom stereocenters. The smallest absolute Gasteiger partial charge is 0.231 e. The van der Waals surface area contributed by atoms with E-state index in [0.717, 1.165) is 36.5 Å². The van der Waals surface area contributed by atoms with Crippen molar-refractivity contribution in [3.05, 3.63) is 16.1 Å². The molecule has 0 saturated carbocycles. The van der Waals surface area contributed by atoms with Crippen molar-refractivity contribution < 1.29 is 14.3 Å². The molecule has 3 aliphatic rings. The maximum atomic E-state index is 13.0. The van der Waals surface area contributed by atoms with Gasteiger partial charge in [0.25, 0.3) is 0 Å². The molecule has 1 spiro atoms. The molecule has 4 rings (SSSR count). The van der Waals surface area contributed by atoms with Crippen LogP contribution >= 0.6 is 11.3 Å². The molecule has 3 fully saturated rings. The molecule has 2 unspecified atom stereocenters. The maximum Gasteiger partial charge on any atom is 0.231 e. The summed E-state index contributed by atoms with van der Waals surface area (Å²) in [6.45, 7) is 5.83. The summed E-state index contributed by atoms with van der Waals surface area (Å²) in [5, 5.41) is 3.06. The summed E-state index contributed by atoms with van der Waals surface area (Å²) in [6, 6.07) is 0. The predicted octanol–water partition coefficient (Wildman–Crippen LogP) is 1.44. The number of aromatic nitrogens is 1. The largest absolute Gasteiger partial charge is 0.381 e. The molecule has 3 aliphatic heterocycles. The number of hydrogen-bond acceptors (Lipinski definition) is 5. The molecular formula is C17H23N3O3S. The van der Waals surface area contributed by atoms with Gasteiger partial charge in [0.05, 0.1) is 35.2 Å². The number of ether oxygens (including phenoxy) is 1. The average molecular weight is 349 g/mol. The van der Waals surface area contributed by atoms with Crippen LogP contribution in [0.5, 0.6) is 0 Å². The topological polar surface area (TPSA) is 62.7 Å². The van der Waals surface area contributed by atoms with E-state index < -0.39 is 0 Å². The Balaban J connectivity index is 1.41. The van der Waals surface area contributed by atoms with Crippen molar-refractivity contribution in [3.63, 3.8) is 0 Å². The summed E-state index contributed by atoms with van der Waals surface area (Å²) in [7, 11) is 0. The van der Waals surface area contributed by atoms with Gasteiger partial charge < -0.3 is 14.5 Å². The third-order valence-electron chi connectivity index (χ3n) is 5.56. The first-order valence-corrected chi connectivity index (χ1v) is 9.52. The summed E-state index contributed by atoms with van der Waals surface area (Å²) in [5.74, 6) is 0.364. The summed E-state index contributed by atoms with van der Waals surface area (Å²) in [6.07, 6.45) is 2.45. The molecule has 4 heterocycles. The number of amides is 2. The van der Waals surface area contributed by atoms with Crippen LogP contribution in [0.25, 0.3) is 0 Å². The van der Waals surface area contributed by atoms with Crippen LogP contribution in [0.4, 0.5) is 0 Å². The fourth-order valence-electron chi connectivity index (χ4n) is 4.15. The fourth-order valence-corrected chi connectivity index (χ4v) is 4.75. The Morgan fingerprint density at radius 1 is 1.46 bits per heavy atom. The molecule has 0 aromatic carbocycles. The quantitative estimate of drug-likeness (QED) is 0.828. The van der Waals surface area contributed by atoms with Crippen molar-refractivity contribution >= 4 is 23.2 Å². The second kappa shape index (κ2) is 6.11. The highest BCUT2D eigenvalue weighted by molar-refractivity contribution is 7.09. The Bertz CT molecular complexity index is 655. The number of nitrogens with zero attached hydrogens (tertiary/aromatic N) is 3. The molecule has 6 nitrogen and oxygen atoms in total. The van der Waals surface area contributed by atoms with Crippen LogP contribution in [0.3, 0.4) is 0 Å². The van der Waals surface area contributed by atoms with Gasteiger partial charge in [0.1, 0.15) is 0 Å². The summed E-state index contributed by atoms with van der Waals surface area (Å²) in [5.41, 5.74) is 0.608. The fraction of sp³-hybridized carbons (Fsp3) is 0.706. The van der Waals surface area contributed by atoms with Gasteiger partial charge in [-0.25, -0.2) is 4.98 Å². The average Bonchev–Trinajstić information content (AvgIpc) is 3.34. The number of aryl methyl sites for hydroxylation is 1. The number of thiazole rings is 1. The zero-order chi connectivity index (χ0) is 16.7. The van der Waals surface area contributed by atoms with Gasteiger partial charge in [-0.05, 0) is 26.2 Å². The van der Waals surface area contributed by atoms with Gasteiger partial charge in [0, 0.05) is 31.6 Å². The van der Waals surface area contributed by atoms with E-state index in [1.54, 1.807) is 11.3 Å². The minimum absolute atomic E-state index is 0.00857. The van der Waals surface area contributed by atoms with Crippen LogP contribution in [-0.4, -0.2) is 59.4 Å². The van der Waals surface area contributed by atoms with E-state index in [1.165, 1.54) is 0 Å². The highest BCUT2D eigenvalue weighted by Crippen LogP contribution is 2.41. The predicted molar refractivity (Wildman–Crippen MR) is 89.4 cm³/mol. The van der Waals surface area contributed by atoms with Crippen LogP contribution in [0.1, 0.15) is 30.0 Å². The molecule has 130 valence electrons. The molecule has 2 amide bonds. The molecule has 0 bridgehead atoms. The Labute approximate surface area is 145 Å². The van der Waals surface area contributed by atoms with Crippen molar-refractivity contribution in [1.82, 2.24) is 14.8 Å². The Morgan fingerprint density at radius 2 is 2.29 bits per heavy atom. The second-order valence-corrected chi connectivity index (χ2v) is 8.25. The van der Waals surface area contributed by atoms with Gasteiger partial charge in [-0.15, -0.1) is 11.3 Å². The van der Waals surface area contributed by atoms with E-state index in [4.69, 9.17) is 4.74 Å². The molecule has 1 aromatic heterocycles. The zero-order valence-electron chi connectivity index (χ0n) is 14.0. The van der Waals surface area contributed by atoms with Crippen molar-refractivity contribution in [2.45, 2.75) is 32.7 Å². The first kappa shape index (κ1) is 16.0. The lowest BCUT2D eigenvalue weighted by molar-refractivity contribution is -0.138. The lowest BCUT2D eigenvalue weighted by Gasteiger charge is -2.24. The van der Waals surface area contributed by atoms with Gasteiger partial charge in [-0.1, -0.05) is 0 Å². The van der Waals surface area contributed by atoms with Gasteiger partial charge in [0.15, 0.2) is 0 Å². The number of rotatable bonds is 3. The van der Waals surface area contributed by atoms with Gasteiger partial charge >= 0.3 is 0 Å². The number of hydrogen-bond donors (Lipinski definition) is 0. The molecular weight excluding hydrogens is 326 g/mol. The van der Waals surface area contributed by atoms with Crippen LogP contribution in [0.2, 0.25) is 0 Å². The van der Waals surface area contributed by atoms with Gasteiger partial charge in [-0.3, -0.25) is 9.59 Å². The van der Waals surface area contributed by atoms with E-state index in [0.29, 0.717) is 32.8 Å². The molecule has 0 N–H and O–H groups in total. The highest BCUT2D eigenvalue weighted by Gasteiger charge is 2.52. The van der Waals surface area contributed by atoms with Crippen LogP contribution in [-0.2, 0) is 20.9 Å². The minimum atomic E-state index is -0.361. The first-order valence-electron chi connectivity index (χ1n) is 8.64.